The van der Waals surface area contributed by atoms with E-state index in [0.717, 1.165) is 60.9 Å². The van der Waals surface area contributed by atoms with Crippen LogP contribution >= 0.6 is 0 Å². The van der Waals surface area contributed by atoms with Gasteiger partial charge in [0.15, 0.2) is 17.5 Å². The largest absolute Gasteiger partial charge is 0.456 e. The lowest BCUT2D eigenvalue weighted by Crippen LogP contribution is -2.01. The van der Waals surface area contributed by atoms with E-state index in [1.165, 1.54) is 27.5 Å². The zero-order valence-electron chi connectivity index (χ0n) is 30.2. The number of nitrogens with zero attached hydrogens (tertiary/aromatic N) is 4. The maximum atomic E-state index is 6.26. The molecule has 0 amide bonds. The van der Waals surface area contributed by atoms with Gasteiger partial charge in [-0.15, -0.1) is 0 Å². The standard InChI is InChI=1S/C51H32N4O/c1-3-14-33(15-4-1)39-20-7-8-21-40(39)35-26-28-42-41-22-9-11-24-45(41)55(46(42)31-35)38-19-13-18-36(30-38)50-52-49(34-16-5-2-6-17-34)53-51(54-50)37-27-29-44-43-23-10-12-25-47(43)56-48(44)32-37/h1-32H. The van der Waals surface area contributed by atoms with Crippen molar-refractivity contribution < 1.29 is 4.42 Å². The smallest absolute Gasteiger partial charge is 0.164 e. The van der Waals surface area contributed by atoms with Gasteiger partial charge in [-0.25, -0.2) is 15.0 Å². The lowest BCUT2D eigenvalue weighted by Gasteiger charge is -2.13. The van der Waals surface area contributed by atoms with Crippen LogP contribution < -0.4 is 0 Å². The summed E-state index contributed by atoms with van der Waals surface area (Å²) in [6.07, 6.45) is 0. The molecular weight excluding hydrogens is 685 g/mol. The Kier molecular flexibility index (Phi) is 7.42. The van der Waals surface area contributed by atoms with Gasteiger partial charge in [0, 0.05) is 43.9 Å². The Bertz CT molecular complexity index is 3250. The van der Waals surface area contributed by atoms with Gasteiger partial charge in [0.1, 0.15) is 11.2 Å². The summed E-state index contributed by atoms with van der Waals surface area (Å²) in [5, 5.41) is 4.55. The van der Waals surface area contributed by atoms with E-state index in [9.17, 15) is 0 Å². The first-order valence-corrected chi connectivity index (χ1v) is 18.8. The van der Waals surface area contributed by atoms with Crippen molar-refractivity contribution in [3.63, 3.8) is 0 Å². The van der Waals surface area contributed by atoms with Crippen LogP contribution in [0.1, 0.15) is 0 Å². The summed E-state index contributed by atoms with van der Waals surface area (Å²) in [5.41, 5.74) is 12.4. The molecule has 0 aliphatic carbocycles. The van der Waals surface area contributed by atoms with Crippen molar-refractivity contribution in [1.82, 2.24) is 19.5 Å². The molecule has 11 rings (SSSR count). The molecule has 262 valence electrons. The molecule has 0 bridgehead atoms. The normalized spacial score (nSPS) is 11.6. The molecule has 0 fully saturated rings. The number of aromatic nitrogens is 4. The molecule has 0 unspecified atom stereocenters. The zero-order chi connectivity index (χ0) is 37.0. The molecule has 5 heteroatoms. The molecule has 0 aliphatic heterocycles. The summed E-state index contributed by atoms with van der Waals surface area (Å²) >= 11 is 0. The van der Waals surface area contributed by atoms with E-state index in [1.54, 1.807) is 0 Å². The average molecular weight is 717 g/mol. The Morgan fingerprint density at radius 2 is 0.857 bits per heavy atom. The lowest BCUT2D eigenvalue weighted by molar-refractivity contribution is 0.669. The van der Waals surface area contributed by atoms with E-state index in [4.69, 9.17) is 19.4 Å². The quantitative estimate of drug-likeness (QED) is 0.172. The maximum absolute atomic E-state index is 6.26. The van der Waals surface area contributed by atoms with Gasteiger partial charge < -0.3 is 8.98 Å². The lowest BCUT2D eigenvalue weighted by atomic mass is 9.94. The fourth-order valence-corrected chi connectivity index (χ4v) is 8.02. The van der Waals surface area contributed by atoms with Crippen LogP contribution in [0.15, 0.2) is 199 Å². The summed E-state index contributed by atoms with van der Waals surface area (Å²) in [6, 6.07) is 67.6. The minimum atomic E-state index is 0.584. The van der Waals surface area contributed by atoms with Crippen LogP contribution in [0.3, 0.4) is 0 Å². The van der Waals surface area contributed by atoms with Crippen molar-refractivity contribution in [3.8, 4) is 62.1 Å². The molecule has 56 heavy (non-hydrogen) atoms. The van der Waals surface area contributed by atoms with E-state index < -0.39 is 0 Å². The van der Waals surface area contributed by atoms with Crippen LogP contribution in [0.2, 0.25) is 0 Å². The predicted molar refractivity (Wildman–Crippen MR) is 229 cm³/mol. The highest BCUT2D eigenvalue weighted by Crippen LogP contribution is 2.39. The van der Waals surface area contributed by atoms with E-state index in [2.05, 4.69) is 144 Å². The first kappa shape index (κ1) is 31.9. The van der Waals surface area contributed by atoms with Crippen LogP contribution in [0, 0.1) is 0 Å². The van der Waals surface area contributed by atoms with Crippen molar-refractivity contribution in [1.29, 1.82) is 0 Å². The average Bonchev–Trinajstić information content (AvgIpc) is 3.82. The molecule has 5 nitrogen and oxygen atoms in total. The Morgan fingerprint density at radius 3 is 1.64 bits per heavy atom. The van der Waals surface area contributed by atoms with Crippen LogP contribution in [0.5, 0.6) is 0 Å². The van der Waals surface area contributed by atoms with Crippen LogP contribution in [0.25, 0.3) is 106 Å². The fourth-order valence-electron chi connectivity index (χ4n) is 8.02. The van der Waals surface area contributed by atoms with Gasteiger partial charge in [0.05, 0.1) is 11.0 Å². The monoisotopic (exact) mass is 716 g/mol. The third-order valence-electron chi connectivity index (χ3n) is 10.7. The van der Waals surface area contributed by atoms with Crippen LogP contribution in [0.4, 0.5) is 0 Å². The van der Waals surface area contributed by atoms with E-state index >= 15 is 0 Å². The van der Waals surface area contributed by atoms with E-state index in [0.29, 0.717) is 17.5 Å². The van der Waals surface area contributed by atoms with Crippen molar-refractivity contribution in [3.05, 3.63) is 194 Å². The SMILES string of the molecule is c1ccc(-c2nc(-c3cccc(-n4c5ccccc5c5ccc(-c6ccccc6-c6ccccc6)cc54)c3)nc(-c3ccc4c(c3)oc3ccccc34)n2)cc1. The Hall–Kier alpha value is -7.63. The summed E-state index contributed by atoms with van der Waals surface area (Å²) < 4.78 is 8.62. The minimum absolute atomic E-state index is 0.584. The van der Waals surface area contributed by atoms with Gasteiger partial charge in [-0.1, -0.05) is 152 Å². The summed E-state index contributed by atoms with van der Waals surface area (Å²) in [7, 11) is 0. The number of benzene rings is 8. The van der Waals surface area contributed by atoms with Gasteiger partial charge in [0.25, 0.3) is 0 Å². The van der Waals surface area contributed by atoms with Gasteiger partial charge in [-0.3, -0.25) is 0 Å². The molecule has 8 aromatic carbocycles. The molecular formula is C51H32N4O. The molecule has 0 radical (unpaired) electrons. The van der Waals surface area contributed by atoms with Gasteiger partial charge in [0.2, 0.25) is 0 Å². The number of furan rings is 1. The number of rotatable bonds is 6. The first-order valence-electron chi connectivity index (χ1n) is 18.8. The molecule has 0 spiro atoms. The van der Waals surface area contributed by atoms with E-state index in [-0.39, 0.29) is 0 Å². The Balaban J connectivity index is 1.08. The van der Waals surface area contributed by atoms with Crippen molar-refractivity contribution in [2.75, 3.05) is 0 Å². The summed E-state index contributed by atoms with van der Waals surface area (Å²) in [5.74, 6) is 1.79. The second-order valence-electron chi connectivity index (χ2n) is 14.0. The third-order valence-corrected chi connectivity index (χ3v) is 10.7. The molecule has 11 aromatic rings. The van der Waals surface area contributed by atoms with Crippen molar-refractivity contribution >= 4 is 43.7 Å². The molecule has 0 atom stereocenters. The molecule has 0 saturated carbocycles. The molecule has 0 N–H and O–H groups in total. The molecule has 0 saturated heterocycles. The number of fused-ring (bicyclic) bond motifs is 6. The number of para-hydroxylation sites is 2. The second-order valence-corrected chi connectivity index (χ2v) is 14.0. The maximum Gasteiger partial charge on any atom is 0.164 e. The van der Waals surface area contributed by atoms with Gasteiger partial charge >= 0.3 is 0 Å². The Labute approximate surface area is 322 Å². The van der Waals surface area contributed by atoms with Gasteiger partial charge in [-0.2, -0.15) is 0 Å². The van der Waals surface area contributed by atoms with Crippen molar-refractivity contribution in [2.45, 2.75) is 0 Å². The molecule has 3 heterocycles. The van der Waals surface area contributed by atoms with E-state index in [1.807, 2.05) is 54.6 Å². The van der Waals surface area contributed by atoms with Crippen molar-refractivity contribution in [2.24, 2.45) is 0 Å². The number of hydrogen-bond acceptors (Lipinski definition) is 4. The number of hydrogen-bond donors (Lipinski definition) is 0. The highest BCUT2D eigenvalue weighted by Gasteiger charge is 2.18. The summed E-state index contributed by atoms with van der Waals surface area (Å²) in [6.45, 7) is 0. The fraction of sp³-hybridized carbons (Fsp3) is 0. The predicted octanol–water partition coefficient (Wildman–Crippen LogP) is 13.2. The zero-order valence-corrected chi connectivity index (χ0v) is 30.2. The highest BCUT2D eigenvalue weighted by atomic mass is 16.3. The Morgan fingerprint density at radius 1 is 0.321 bits per heavy atom. The second kappa shape index (κ2) is 13.0. The third kappa shape index (κ3) is 5.37. The van der Waals surface area contributed by atoms with Gasteiger partial charge in [-0.05, 0) is 64.7 Å². The van der Waals surface area contributed by atoms with Crippen LogP contribution in [-0.2, 0) is 0 Å². The molecule has 0 aliphatic rings. The molecule has 3 aromatic heterocycles. The van der Waals surface area contributed by atoms with Crippen LogP contribution in [-0.4, -0.2) is 19.5 Å². The minimum Gasteiger partial charge on any atom is -0.456 e. The topological polar surface area (TPSA) is 56.7 Å². The summed E-state index contributed by atoms with van der Waals surface area (Å²) in [4.78, 5) is 15.2. The first-order chi connectivity index (χ1) is 27.7. The highest BCUT2D eigenvalue weighted by molar-refractivity contribution is 6.10.